The van der Waals surface area contributed by atoms with Crippen LogP contribution in [0, 0.1) is 0 Å². The zero-order valence-electron chi connectivity index (χ0n) is 15.0. The molecular formula is C19H41NOS. The van der Waals surface area contributed by atoms with Gasteiger partial charge in [-0.15, -0.1) is 0 Å². The van der Waals surface area contributed by atoms with Gasteiger partial charge >= 0.3 is 0 Å². The van der Waals surface area contributed by atoms with E-state index in [4.69, 9.17) is 10.8 Å². The SMILES string of the molecule is CCCCCCCCCCCCCCCCSCC(N)CO. The molecule has 1 unspecified atom stereocenters. The Morgan fingerprint density at radius 1 is 0.727 bits per heavy atom. The first-order valence-corrected chi connectivity index (χ1v) is 10.9. The fraction of sp³-hybridized carbons (Fsp3) is 1.00. The molecule has 0 rings (SSSR count). The summed E-state index contributed by atoms with van der Waals surface area (Å²) in [5, 5.41) is 8.82. The number of aliphatic hydroxyl groups is 1. The Bertz CT molecular complexity index is 202. The number of nitrogens with two attached hydrogens (primary N) is 1. The fourth-order valence-electron chi connectivity index (χ4n) is 2.69. The topological polar surface area (TPSA) is 46.2 Å². The third kappa shape index (κ3) is 18.3. The molecule has 0 aromatic heterocycles. The third-order valence-corrected chi connectivity index (χ3v) is 5.45. The quantitative estimate of drug-likeness (QED) is 0.325. The van der Waals surface area contributed by atoms with Crippen LogP contribution in [0.2, 0.25) is 0 Å². The van der Waals surface area contributed by atoms with Crippen molar-refractivity contribution in [2.45, 2.75) is 103 Å². The number of hydrogen-bond donors (Lipinski definition) is 2. The molecule has 0 aliphatic rings. The van der Waals surface area contributed by atoms with E-state index in [0.29, 0.717) is 0 Å². The molecule has 0 aromatic carbocycles. The molecule has 0 aliphatic heterocycles. The van der Waals surface area contributed by atoms with E-state index in [0.717, 1.165) is 5.75 Å². The van der Waals surface area contributed by atoms with Crippen LogP contribution in [0.25, 0.3) is 0 Å². The van der Waals surface area contributed by atoms with Gasteiger partial charge in [-0.3, -0.25) is 0 Å². The van der Waals surface area contributed by atoms with Crippen molar-refractivity contribution in [3.63, 3.8) is 0 Å². The highest BCUT2D eigenvalue weighted by atomic mass is 32.2. The lowest BCUT2D eigenvalue weighted by Crippen LogP contribution is -2.27. The van der Waals surface area contributed by atoms with E-state index in [9.17, 15) is 0 Å². The van der Waals surface area contributed by atoms with Crippen molar-refractivity contribution in [3.8, 4) is 0 Å². The van der Waals surface area contributed by atoms with Crippen molar-refractivity contribution >= 4 is 11.8 Å². The zero-order chi connectivity index (χ0) is 16.3. The van der Waals surface area contributed by atoms with Crippen LogP contribution in [-0.2, 0) is 0 Å². The molecule has 0 saturated carbocycles. The molecule has 0 aromatic rings. The van der Waals surface area contributed by atoms with Crippen molar-refractivity contribution in [2.75, 3.05) is 18.1 Å². The van der Waals surface area contributed by atoms with Crippen molar-refractivity contribution in [1.29, 1.82) is 0 Å². The van der Waals surface area contributed by atoms with Gasteiger partial charge in [0, 0.05) is 11.8 Å². The minimum absolute atomic E-state index is 0.0309. The normalized spacial score (nSPS) is 12.7. The highest BCUT2D eigenvalue weighted by Gasteiger charge is 1.99. The van der Waals surface area contributed by atoms with E-state index in [2.05, 4.69) is 6.92 Å². The van der Waals surface area contributed by atoms with E-state index in [1.165, 1.54) is 95.6 Å². The average Bonchev–Trinajstić information content (AvgIpc) is 2.54. The first-order valence-electron chi connectivity index (χ1n) is 9.75. The summed E-state index contributed by atoms with van der Waals surface area (Å²) in [6, 6.07) is -0.0309. The Morgan fingerprint density at radius 3 is 1.55 bits per heavy atom. The van der Waals surface area contributed by atoms with E-state index < -0.39 is 0 Å². The second kappa shape index (κ2) is 19.3. The maximum Gasteiger partial charge on any atom is 0.0590 e. The van der Waals surface area contributed by atoms with Crippen molar-refractivity contribution < 1.29 is 5.11 Å². The summed E-state index contributed by atoms with van der Waals surface area (Å²) in [5.74, 6) is 2.10. The first-order chi connectivity index (χ1) is 10.8. The van der Waals surface area contributed by atoms with Crippen LogP contribution in [0.15, 0.2) is 0 Å². The monoisotopic (exact) mass is 331 g/mol. The van der Waals surface area contributed by atoms with Crippen LogP contribution in [0.3, 0.4) is 0 Å². The summed E-state index contributed by atoms with van der Waals surface area (Å²) in [7, 11) is 0. The Kier molecular flexibility index (Phi) is 19.6. The Hall–Kier alpha value is 0.270. The zero-order valence-corrected chi connectivity index (χ0v) is 15.8. The van der Waals surface area contributed by atoms with Gasteiger partial charge in [-0.05, 0) is 12.2 Å². The van der Waals surface area contributed by atoms with Crippen molar-refractivity contribution in [1.82, 2.24) is 0 Å². The molecule has 1 atom stereocenters. The van der Waals surface area contributed by atoms with Gasteiger partial charge in [0.2, 0.25) is 0 Å². The lowest BCUT2D eigenvalue weighted by Gasteiger charge is -2.07. The van der Waals surface area contributed by atoms with Gasteiger partial charge in [0.25, 0.3) is 0 Å². The Morgan fingerprint density at radius 2 is 1.14 bits per heavy atom. The van der Waals surface area contributed by atoms with E-state index in [1.54, 1.807) is 0 Å². The maximum absolute atomic E-state index is 8.82. The molecule has 0 amide bonds. The third-order valence-electron chi connectivity index (χ3n) is 4.21. The highest BCUT2D eigenvalue weighted by Crippen LogP contribution is 2.14. The lowest BCUT2D eigenvalue weighted by atomic mass is 10.0. The van der Waals surface area contributed by atoms with E-state index >= 15 is 0 Å². The molecule has 0 spiro atoms. The van der Waals surface area contributed by atoms with Crippen LogP contribution >= 0.6 is 11.8 Å². The molecule has 0 saturated heterocycles. The lowest BCUT2D eigenvalue weighted by molar-refractivity contribution is 0.275. The van der Waals surface area contributed by atoms with Gasteiger partial charge in [-0.2, -0.15) is 11.8 Å². The summed E-state index contributed by atoms with van der Waals surface area (Å²) in [4.78, 5) is 0. The highest BCUT2D eigenvalue weighted by molar-refractivity contribution is 7.99. The van der Waals surface area contributed by atoms with Gasteiger partial charge < -0.3 is 10.8 Å². The predicted molar refractivity (Wildman–Crippen MR) is 103 cm³/mol. The average molecular weight is 332 g/mol. The molecule has 3 heteroatoms. The summed E-state index contributed by atoms with van der Waals surface area (Å²) in [6.45, 7) is 2.40. The molecule has 3 N–H and O–H groups in total. The summed E-state index contributed by atoms with van der Waals surface area (Å²) < 4.78 is 0. The second-order valence-electron chi connectivity index (χ2n) is 6.61. The van der Waals surface area contributed by atoms with E-state index in [-0.39, 0.29) is 12.6 Å². The number of hydrogen-bond acceptors (Lipinski definition) is 3. The molecule has 0 radical (unpaired) electrons. The van der Waals surface area contributed by atoms with Gasteiger partial charge in [0.15, 0.2) is 0 Å². The largest absolute Gasteiger partial charge is 0.395 e. The predicted octanol–water partition coefficient (Wildman–Crippen LogP) is 5.52. The number of thioether (sulfide) groups is 1. The summed E-state index contributed by atoms with van der Waals surface area (Å²) in [5.41, 5.74) is 5.66. The van der Waals surface area contributed by atoms with Gasteiger partial charge in [0.1, 0.15) is 0 Å². The van der Waals surface area contributed by atoms with Crippen molar-refractivity contribution in [3.05, 3.63) is 0 Å². The molecule has 0 aliphatic carbocycles. The smallest absolute Gasteiger partial charge is 0.0590 e. The maximum atomic E-state index is 8.82. The summed E-state index contributed by atoms with van der Waals surface area (Å²) >= 11 is 1.89. The fourth-order valence-corrected chi connectivity index (χ4v) is 3.67. The Balaban J connectivity index is 2.97. The standard InChI is InChI=1S/C19H41NOS/c1-2-3-4-5-6-7-8-9-10-11-12-13-14-15-16-22-18-19(20)17-21/h19,21H,2-18,20H2,1H3. The Labute approximate surface area is 144 Å². The molecule has 0 fully saturated rings. The number of unbranched alkanes of at least 4 members (excludes halogenated alkanes) is 13. The second-order valence-corrected chi connectivity index (χ2v) is 7.76. The van der Waals surface area contributed by atoms with E-state index in [1.807, 2.05) is 11.8 Å². The van der Waals surface area contributed by atoms with Crippen molar-refractivity contribution in [2.24, 2.45) is 5.73 Å². The molecule has 0 bridgehead atoms. The molecule has 2 nitrogen and oxygen atoms in total. The minimum Gasteiger partial charge on any atom is -0.395 e. The van der Waals surface area contributed by atoms with Crippen LogP contribution < -0.4 is 5.73 Å². The van der Waals surface area contributed by atoms with Crippen LogP contribution in [0.4, 0.5) is 0 Å². The van der Waals surface area contributed by atoms with Crippen LogP contribution in [0.5, 0.6) is 0 Å². The molecule has 22 heavy (non-hydrogen) atoms. The number of rotatable bonds is 18. The molecule has 134 valence electrons. The number of aliphatic hydroxyl groups excluding tert-OH is 1. The van der Waals surface area contributed by atoms with Crippen LogP contribution in [0.1, 0.15) is 96.8 Å². The molecular weight excluding hydrogens is 290 g/mol. The van der Waals surface area contributed by atoms with Gasteiger partial charge in [-0.25, -0.2) is 0 Å². The van der Waals surface area contributed by atoms with Crippen LogP contribution in [-0.4, -0.2) is 29.3 Å². The van der Waals surface area contributed by atoms with Gasteiger partial charge in [0.05, 0.1) is 6.61 Å². The summed E-state index contributed by atoms with van der Waals surface area (Å²) in [6.07, 6.45) is 19.8. The first kappa shape index (κ1) is 22.3. The van der Waals surface area contributed by atoms with Gasteiger partial charge in [-0.1, -0.05) is 90.4 Å². The minimum atomic E-state index is -0.0309. The molecule has 0 heterocycles.